The molecule has 0 spiro atoms. The first-order chi connectivity index (χ1) is 13.6. The van der Waals surface area contributed by atoms with Crippen LogP contribution in [0.3, 0.4) is 0 Å². The fraction of sp³-hybridized carbons (Fsp3) is 0.211. The molecule has 1 aliphatic rings. The first-order valence-corrected chi connectivity index (χ1v) is 9.59. The lowest BCUT2D eigenvalue weighted by Crippen LogP contribution is -2.49. The van der Waals surface area contributed by atoms with E-state index in [1.165, 1.54) is 0 Å². The van der Waals surface area contributed by atoms with E-state index in [2.05, 4.69) is 25.6 Å². The second-order valence-electron chi connectivity index (χ2n) is 6.38. The SMILES string of the molecule is O=C(c1n[nH]nc1Nc1ccc(Cl)cc1)N1CCN(c2ccccc2Cl)CC1. The Kier molecular flexibility index (Phi) is 5.36. The number of H-pyrrole nitrogens is 1. The van der Waals surface area contributed by atoms with Gasteiger partial charge in [-0.15, -0.1) is 10.2 Å². The van der Waals surface area contributed by atoms with Gasteiger partial charge in [-0.1, -0.05) is 35.3 Å². The summed E-state index contributed by atoms with van der Waals surface area (Å²) in [6.07, 6.45) is 0. The third-order valence-electron chi connectivity index (χ3n) is 4.62. The van der Waals surface area contributed by atoms with Crippen molar-refractivity contribution in [2.75, 3.05) is 36.4 Å². The monoisotopic (exact) mass is 416 g/mol. The highest BCUT2D eigenvalue weighted by molar-refractivity contribution is 6.33. The van der Waals surface area contributed by atoms with E-state index < -0.39 is 0 Å². The molecular formula is C19H18Cl2N6O. The van der Waals surface area contributed by atoms with Gasteiger partial charge in [-0.2, -0.15) is 5.21 Å². The fourth-order valence-corrected chi connectivity index (χ4v) is 3.53. The van der Waals surface area contributed by atoms with Crippen molar-refractivity contribution in [2.45, 2.75) is 0 Å². The summed E-state index contributed by atoms with van der Waals surface area (Å²) >= 11 is 12.2. The zero-order chi connectivity index (χ0) is 19.5. The van der Waals surface area contributed by atoms with E-state index in [9.17, 15) is 4.79 Å². The van der Waals surface area contributed by atoms with Crippen LogP contribution in [0.1, 0.15) is 10.5 Å². The van der Waals surface area contributed by atoms with E-state index in [0.717, 1.165) is 11.4 Å². The molecule has 0 bridgehead atoms. The van der Waals surface area contributed by atoms with Crippen molar-refractivity contribution in [3.63, 3.8) is 0 Å². The van der Waals surface area contributed by atoms with Crippen molar-refractivity contribution in [2.24, 2.45) is 0 Å². The van der Waals surface area contributed by atoms with Crippen LogP contribution >= 0.6 is 23.2 Å². The Morgan fingerprint density at radius 2 is 1.68 bits per heavy atom. The number of para-hydroxylation sites is 1. The first-order valence-electron chi connectivity index (χ1n) is 8.84. The number of hydrogen-bond donors (Lipinski definition) is 2. The van der Waals surface area contributed by atoms with Crippen LogP contribution in [0.15, 0.2) is 48.5 Å². The Balaban J connectivity index is 1.43. The van der Waals surface area contributed by atoms with Gasteiger partial charge in [0, 0.05) is 36.9 Å². The van der Waals surface area contributed by atoms with E-state index >= 15 is 0 Å². The van der Waals surface area contributed by atoms with Gasteiger partial charge in [0.05, 0.1) is 10.7 Å². The van der Waals surface area contributed by atoms with Crippen molar-refractivity contribution in [3.05, 3.63) is 64.3 Å². The number of benzene rings is 2. The average Bonchev–Trinajstić information content (AvgIpc) is 3.18. The van der Waals surface area contributed by atoms with Crippen molar-refractivity contribution in [1.82, 2.24) is 20.3 Å². The second-order valence-corrected chi connectivity index (χ2v) is 7.23. The van der Waals surface area contributed by atoms with Crippen LogP contribution in [0.25, 0.3) is 0 Å². The number of nitrogens with zero attached hydrogens (tertiary/aromatic N) is 4. The minimum atomic E-state index is -0.163. The van der Waals surface area contributed by atoms with Crippen LogP contribution in [0.2, 0.25) is 10.0 Å². The zero-order valence-electron chi connectivity index (χ0n) is 14.9. The van der Waals surface area contributed by atoms with E-state index in [1.54, 1.807) is 17.0 Å². The zero-order valence-corrected chi connectivity index (χ0v) is 16.4. The van der Waals surface area contributed by atoms with Crippen molar-refractivity contribution < 1.29 is 4.79 Å². The molecule has 1 fully saturated rings. The van der Waals surface area contributed by atoms with Crippen LogP contribution in [-0.2, 0) is 0 Å². The molecule has 1 saturated heterocycles. The summed E-state index contributed by atoms with van der Waals surface area (Å²) in [7, 11) is 0. The molecule has 0 atom stereocenters. The molecule has 1 amide bonds. The van der Waals surface area contributed by atoms with Crippen molar-refractivity contribution >= 4 is 46.3 Å². The minimum absolute atomic E-state index is 0.163. The molecule has 0 aliphatic carbocycles. The second kappa shape index (κ2) is 8.08. The summed E-state index contributed by atoms with van der Waals surface area (Å²) in [5.41, 5.74) is 2.03. The summed E-state index contributed by atoms with van der Waals surface area (Å²) in [6, 6.07) is 14.9. The van der Waals surface area contributed by atoms with Gasteiger partial charge in [0.1, 0.15) is 0 Å². The lowest BCUT2D eigenvalue weighted by Gasteiger charge is -2.36. The largest absolute Gasteiger partial charge is 0.367 e. The van der Waals surface area contributed by atoms with Crippen molar-refractivity contribution in [1.29, 1.82) is 0 Å². The highest BCUT2D eigenvalue weighted by Gasteiger charge is 2.27. The molecule has 144 valence electrons. The van der Waals surface area contributed by atoms with Gasteiger partial charge in [0.2, 0.25) is 0 Å². The molecule has 7 nitrogen and oxygen atoms in total. The van der Waals surface area contributed by atoms with Gasteiger partial charge in [-0.25, -0.2) is 0 Å². The summed E-state index contributed by atoms with van der Waals surface area (Å²) in [6.45, 7) is 2.56. The molecule has 4 rings (SSSR count). The van der Waals surface area contributed by atoms with Gasteiger partial charge in [0.25, 0.3) is 5.91 Å². The number of piperazine rings is 1. The third-order valence-corrected chi connectivity index (χ3v) is 5.19. The highest BCUT2D eigenvalue weighted by atomic mass is 35.5. The van der Waals surface area contributed by atoms with Crippen LogP contribution in [-0.4, -0.2) is 52.4 Å². The van der Waals surface area contributed by atoms with Crippen LogP contribution in [0, 0.1) is 0 Å². The molecule has 0 unspecified atom stereocenters. The minimum Gasteiger partial charge on any atom is -0.367 e. The van der Waals surface area contributed by atoms with Crippen LogP contribution in [0.4, 0.5) is 17.2 Å². The van der Waals surface area contributed by atoms with Gasteiger partial charge < -0.3 is 15.1 Å². The average molecular weight is 417 g/mol. The Labute approximate surface area is 172 Å². The molecule has 1 aromatic heterocycles. The van der Waals surface area contributed by atoms with Crippen LogP contribution in [0.5, 0.6) is 0 Å². The summed E-state index contributed by atoms with van der Waals surface area (Å²) in [5, 5.41) is 15.1. The highest BCUT2D eigenvalue weighted by Crippen LogP contribution is 2.26. The van der Waals surface area contributed by atoms with Gasteiger partial charge in [-0.3, -0.25) is 4.79 Å². The van der Waals surface area contributed by atoms with Gasteiger partial charge >= 0.3 is 0 Å². The third kappa shape index (κ3) is 3.90. The predicted molar refractivity (Wildman–Crippen MR) is 111 cm³/mol. The molecule has 3 aromatic rings. The summed E-state index contributed by atoms with van der Waals surface area (Å²) in [5.74, 6) is 0.227. The molecule has 2 aromatic carbocycles. The first kappa shape index (κ1) is 18.6. The Hall–Kier alpha value is -2.77. The normalized spacial score (nSPS) is 14.2. The number of carbonyl (C=O) groups excluding carboxylic acids is 1. The van der Waals surface area contributed by atoms with Crippen LogP contribution < -0.4 is 10.2 Å². The predicted octanol–water partition coefficient (Wildman–Crippen LogP) is 3.82. The number of anilines is 3. The fourth-order valence-electron chi connectivity index (χ4n) is 3.15. The number of rotatable bonds is 4. The molecule has 0 radical (unpaired) electrons. The van der Waals surface area contributed by atoms with E-state index in [1.807, 2.05) is 36.4 Å². The van der Waals surface area contributed by atoms with E-state index in [0.29, 0.717) is 42.0 Å². The Morgan fingerprint density at radius 3 is 2.39 bits per heavy atom. The summed E-state index contributed by atoms with van der Waals surface area (Å²) in [4.78, 5) is 16.9. The van der Waals surface area contributed by atoms with E-state index in [-0.39, 0.29) is 11.6 Å². The quantitative estimate of drug-likeness (QED) is 0.675. The standard InChI is InChI=1S/C19H18Cl2N6O/c20-13-5-7-14(8-6-13)22-18-17(23-25-24-18)19(28)27-11-9-26(10-12-27)16-4-2-1-3-15(16)21/h1-8H,9-12H2,(H2,22,23,24,25). The molecule has 1 aliphatic heterocycles. The number of halogens is 2. The van der Waals surface area contributed by atoms with Gasteiger partial charge in [-0.05, 0) is 36.4 Å². The molecule has 28 heavy (non-hydrogen) atoms. The summed E-state index contributed by atoms with van der Waals surface area (Å²) < 4.78 is 0. The number of nitrogens with one attached hydrogen (secondary N) is 2. The molecular weight excluding hydrogens is 399 g/mol. The van der Waals surface area contributed by atoms with Gasteiger partial charge in [0.15, 0.2) is 11.5 Å². The lowest BCUT2D eigenvalue weighted by atomic mass is 10.2. The maximum Gasteiger partial charge on any atom is 0.278 e. The Morgan fingerprint density at radius 1 is 0.964 bits per heavy atom. The number of aromatic nitrogens is 3. The Bertz CT molecular complexity index is 967. The number of hydrogen-bond acceptors (Lipinski definition) is 5. The number of amides is 1. The molecule has 2 N–H and O–H groups in total. The lowest BCUT2D eigenvalue weighted by molar-refractivity contribution is 0.0742. The maximum absolute atomic E-state index is 12.9. The smallest absolute Gasteiger partial charge is 0.278 e. The molecule has 2 heterocycles. The van der Waals surface area contributed by atoms with E-state index in [4.69, 9.17) is 23.2 Å². The number of aromatic amines is 1. The number of carbonyl (C=O) groups is 1. The van der Waals surface area contributed by atoms with Crippen molar-refractivity contribution in [3.8, 4) is 0 Å². The molecule has 9 heteroatoms. The topological polar surface area (TPSA) is 77.1 Å². The molecule has 0 saturated carbocycles. The maximum atomic E-state index is 12.9.